The number of hydrogen-bond acceptors (Lipinski definition) is 2. The number of anilines is 1. The minimum Gasteiger partial charge on any atom is -0.871 e. The fraction of sp³-hybridized carbons (Fsp3) is 0.429. The minimum absolute atomic E-state index is 0. The average molecular weight is 1430 g/mol. The maximum atomic E-state index is 13.6. The first kappa shape index (κ1) is 80.4. The second kappa shape index (κ2) is 27.0. The van der Waals surface area contributed by atoms with E-state index in [-0.39, 0.29) is 76.0 Å². The second-order valence-corrected chi connectivity index (χ2v) is 16.5. The Morgan fingerprint density at radius 2 is 0.523 bits per heavy atom. The van der Waals surface area contributed by atoms with Gasteiger partial charge in [-0.25, -0.2) is 0 Å². The van der Waals surface area contributed by atoms with Crippen LogP contribution in [-0.4, -0.2) is 54.3 Å². The van der Waals surface area contributed by atoms with Crippen LogP contribution in [0.4, 0.5) is 181 Å². The zero-order chi connectivity index (χ0) is 64.8. The van der Waals surface area contributed by atoms with E-state index in [1.807, 2.05) is 0 Å². The van der Waals surface area contributed by atoms with Gasteiger partial charge in [-0.2, -0.15) is 158 Å². The van der Waals surface area contributed by atoms with E-state index in [1.54, 1.807) is 0 Å². The zero-order valence-electron chi connectivity index (χ0n) is 39.5. The largest absolute Gasteiger partial charge is 2.00 e. The van der Waals surface area contributed by atoms with Gasteiger partial charge in [0.25, 0.3) is 0 Å². The van der Waals surface area contributed by atoms with Crippen LogP contribution in [-0.2, 0) is 83.5 Å². The van der Waals surface area contributed by atoms with E-state index in [0.29, 0.717) is 0 Å². The van der Waals surface area contributed by atoms with Gasteiger partial charge in [0.1, 0.15) is 6.04 Å². The molecule has 4 aromatic rings. The molecule has 44 heteroatoms. The van der Waals surface area contributed by atoms with Crippen LogP contribution < -0.4 is 10.4 Å². The maximum Gasteiger partial charge on any atom is 2.00 e. The fourth-order valence-corrected chi connectivity index (χ4v) is 6.36. The van der Waals surface area contributed by atoms with Crippen molar-refractivity contribution < 1.29 is 203 Å². The van der Waals surface area contributed by atoms with E-state index >= 15 is 0 Å². The second-order valence-electron chi connectivity index (χ2n) is 16.5. The number of alkyl halides is 36. The molecular formula is C42H22Cu2F36N4O2. The molecule has 496 valence electrons. The Balaban J connectivity index is 0.00000162. The van der Waals surface area contributed by atoms with Gasteiger partial charge in [-0.15, -0.1) is 17.1 Å². The van der Waals surface area contributed by atoms with Gasteiger partial charge in [-0.1, -0.05) is 48.6 Å². The standard InChI is InChI=1S/C21H11F18N2O.C21H10F18N2.2Cu.H2O/c22-16(23,24)7-1-8(17(25,26)27)3-10(2-7)40-13(20(34,35)36)6-14(21(37,38)39)41-12-5-9(18(28,29)30)4-11(15(12)42)19(31,32)33;22-16(23,24)8-1-9(17(25,26)27)4-12(3-8)40-14(20(34,35)36)7-15(21(37,38)39)41-13-5-10(18(28,29)30)2-11(6-13)19(31,32)33;;;/h1-5,13-14,41-42H,6H2;1-6,14-15H,7H2;;;1H2/q-1;-2;2*+2;/p-1. The summed E-state index contributed by atoms with van der Waals surface area (Å²) in [5.74, 6) is -2.54. The summed E-state index contributed by atoms with van der Waals surface area (Å²) in [6.45, 7) is 0. The summed E-state index contributed by atoms with van der Waals surface area (Å²) in [5, 5.41) is 20.4. The van der Waals surface area contributed by atoms with Gasteiger partial charge in [-0.05, 0) is 54.9 Å². The molecule has 0 aromatic heterocycles. The summed E-state index contributed by atoms with van der Waals surface area (Å²) < 4.78 is 475. The van der Waals surface area contributed by atoms with Gasteiger partial charge in [0, 0.05) is 5.69 Å². The monoisotopic (exact) mass is 1420 g/mol. The van der Waals surface area contributed by atoms with Gasteiger partial charge in [0.15, 0.2) is 0 Å². The van der Waals surface area contributed by atoms with Crippen LogP contribution in [0.5, 0.6) is 5.75 Å². The third-order valence-corrected chi connectivity index (χ3v) is 10.1. The van der Waals surface area contributed by atoms with Crippen molar-refractivity contribution >= 4 is 22.7 Å². The first-order valence-electron chi connectivity index (χ1n) is 20.6. The Morgan fingerprint density at radius 1 is 0.302 bits per heavy atom. The molecule has 0 amide bonds. The van der Waals surface area contributed by atoms with Crippen molar-refractivity contribution in [3.63, 3.8) is 0 Å². The summed E-state index contributed by atoms with van der Waals surface area (Å²) in [7, 11) is 0. The molecule has 0 aliphatic carbocycles. The molecule has 4 aromatic carbocycles. The summed E-state index contributed by atoms with van der Waals surface area (Å²) in [6.07, 6.45) is -74.0. The Hall–Kier alpha value is -5.64. The summed E-state index contributed by atoms with van der Waals surface area (Å²) in [4.78, 5) is 0. The minimum atomic E-state index is -6.01. The molecule has 0 saturated heterocycles. The van der Waals surface area contributed by atoms with Crippen molar-refractivity contribution in [1.82, 2.24) is 0 Å². The molecule has 3 N–H and O–H groups in total. The Bertz CT molecular complexity index is 2660. The normalized spacial score (nSPS) is 14.9. The maximum absolute atomic E-state index is 13.6. The Kier molecular flexibility index (Phi) is 25.2. The quantitative estimate of drug-likeness (QED) is 0.113. The first-order valence-corrected chi connectivity index (χ1v) is 20.6. The molecule has 2 radical (unpaired) electrons. The van der Waals surface area contributed by atoms with Crippen LogP contribution in [0, 0.1) is 0 Å². The molecule has 0 saturated carbocycles. The number of halogens is 36. The van der Waals surface area contributed by atoms with E-state index in [1.165, 1.54) is 0 Å². The number of nitrogens with one attached hydrogen (secondary N) is 1. The van der Waals surface area contributed by atoms with E-state index < -0.39 is 214 Å². The molecule has 0 aliphatic heterocycles. The predicted molar refractivity (Wildman–Crippen MR) is 210 cm³/mol. The molecule has 4 atom stereocenters. The molecule has 86 heavy (non-hydrogen) atoms. The number of rotatable bonds is 12. The van der Waals surface area contributed by atoms with Crippen LogP contribution in [0.1, 0.15) is 57.3 Å². The molecule has 0 bridgehead atoms. The van der Waals surface area contributed by atoms with Gasteiger partial charge >= 0.3 is 108 Å². The van der Waals surface area contributed by atoms with Gasteiger partial charge in [-0.3, -0.25) is 0 Å². The molecule has 4 rings (SSSR count). The molecule has 0 heterocycles. The third-order valence-electron chi connectivity index (χ3n) is 10.1. The van der Waals surface area contributed by atoms with E-state index in [0.717, 1.165) is 5.32 Å². The molecule has 0 aliphatic rings. The van der Waals surface area contributed by atoms with Crippen LogP contribution in [0.3, 0.4) is 0 Å². The summed E-state index contributed by atoms with van der Waals surface area (Å²) in [6, 6.07) is -20.2. The average Bonchev–Trinajstić information content (AvgIpc) is 3.26. The van der Waals surface area contributed by atoms with Crippen molar-refractivity contribution in [3.05, 3.63) is 127 Å². The van der Waals surface area contributed by atoms with Crippen molar-refractivity contribution in [2.45, 2.75) is 111 Å². The van der Waals surface area contributed by atoms with Crippen LogP contribution in [0.2, 0.25) is 0 Å². The van der Waals surface area contributed by atoms with Gasteiger partial charge < -0.3 is 31.8 Å². The number of nitrogens with zero attached hydrogens (tertiary/aromatic N) is 3. The van der Waals surface area contributed by atoms with Crippen molar-refractivity contribution in [3.8, 4) is 5.75 Å². The molecule has 6 nitrogen and oxygen atoms in total. The van der Waals surface area contributed by atoms with Crippen LogP contribution in [0.15, 0.2) is 66.7 Å². The SMILES string of the molecule is FC(F)(F)c1cc([N-]C(CC([N-]c2cc(C(F)(F)F)cc(C(F)(F)F)c2)C(F)(F)F)C(F)(F)F)cc(C(F)(F)F)c1.O.[Cu+2].[Cu+2].[O-]c1c(NC(CC([N-]c2cc(C(F)(F)F)cc(C(F)(F)F)c2)C(F)(F)F)C(F)(F)F)cc(C(F)(F)F)cc1C(F)(F)F. The molecular weight excluding hydrogens is 1400 g/mol. The summed E-state index contributed by atoms with van der Waals surface area (Å²) in [5.41, 5.74) is -25.4. The third kappa shape index (κ3) is 23.1. The van der Waals surface area contributed by atoms with Gasteiger partial charge in [0.2, 0.25) is 0 Å². The first-order chi connectivity index (χ1) is 36.6. The van der Waals surface area contributed by atoms with Crippen LogP contribution >= 0.6 is 0 Å². The van der Waals surface area contributed by atoms with Crippen molar-refractivity contribution in [2.24, 2.45) is 0 Å². The molecule has 0 fully saturated rings. The number of benzene rings is 4. The Labute approximate surface area is 474 Å². The van der Waals surface area contributed by atoms with Crippen molar-refractivity contribution in [2.75, 3.05) is 5.32 Å². The summed E-state index contributed by atoms with van der Waals surface area (Å²) >= 11 is 0. The Morgan fingerprint density at radius 3 is 0.721 bits per heavy atom. The number of hydrogen-bond donors (Lipinski definition) is 1. The van der Waals surface area contributed by atoms with E-state index in [9.17, 15) is 163 Å². The zero-order valence-corrected chi connectivity index (χ0v) is 41.4. The predicted octanol–water partition coefficient (Wildman–Crippen LogP) is 19.1. The smallest absolute Gasteiger partial charge is 0.871 e. The van der Waals surface area contributed by atoms with Gasteiger partial charge in [0.05, 0.1) is 44.5 Å². The van der Waals surface area contributed by atoms with E-state index in [4.69, 9.17) is 0 Å². The van der Waals surface area contributed by atoms with Crippen LogP contribution in [0.25, 0.3) is 16.0 Å². The topological polar surface area (TPSA) is 109 Å². The van der Waals surface area contributed by atoms with Crippen molar-refractivity contribution in [1.29, 1.82) is 0 Å². The fourth-order valence-electron chi connectivity index (χ4n) is 6.36. The molecule has 4 unspecified atom stereocenters. The van der Waals surface area contributed by atoms with E-state index in [2.05, 4.69) is 16.0 Å². The molecule has 0 spiro atoms.